The normalized spacial score (nSPS) is 22.5. The van der Waals surface area contributed by atoms with Crippen LogP contribution in [0, 0.1) is 5.92 Å². The Morgan fingerprint density at radius 2 is 2.08 bits per heavy atom. The molecule has 2 N–H and O–H groups in total. The summed E-state index contributed by atoms with van der Waals surface area (Å²) >= 11 is 0. The zero-order valence-electron chi connectivity index (χ0n) is 14.2. The summed E-state index contributed by atoms with van der Waals surface area (Å²) < 4.78 is 0. The first kappa shape index (κ1) is 21.7. The van der Waals surface area contributed by atoms with E-state index >= 15 is 0 Å². The lowest BCUT2D eigenvalue weighted by Gasteiger charge is -2.47. The standard InChI is InChI=1S/C17H24N4O2.2ClH/c18-11-17(23)20-9-7-15-13(12-20)4-5-16(22)21(15)10-6-14-3-1-2-8-19-14;;/h1-3,8,13,15H,4-7,9-12,18H2;2*1H/t13-,15+;;/m0../s1. The van der Waals surface area contributed by atoms with Crippen LogP contribution in [-0.2, 0) is 16.0 Å². The molecule has 140 valence electrons. The fourth-order valence-electron chi connectivity index (χ4n) is 3.78. The number of carbonyl (C=O) groups excluding carboxylic acids is 2. The molecule has 1 aromatic rings. The molecule has 0 bridgehead atoms. The van der Waals surface area contributed by atoms with Gasteiger partial charge < -0.3 is 15.5 Å². The van der Waals surface area contributed by atoms with Crippen LogP contribution in [-0.4, -0.2) is 58.8 Å². The van der Waals surface area contributed by atoms with Gasteiger partial charge in [-0.25, -0.2) is 0 Å². The molecule has 0 aromatic carbocycles. The summed E-state index contributed by atoms with van der Waals surface area (Å²) in [5.74, 6) is 0.627. The van der Waals surface area contributed by atoms with E-state index < -0.39 is 0 Å². The van der Waals surface area contributed by atoms with E-state index in [1.165, 1.54) is 0 Å². The number of nitrogens with zero attached hydrogens (tertiary/aromatic N) is 3. The van der Waals surface area contributed by atoms with E-state index in [-0.39, 0.29) is 49.2 Å². The second kappa shape index (κ2) is 9.94. The molecule has 2 aliphatic heterocycles. The van der Waals surface area contributed by atoms with E-state index in [9.17, 15) is 9.59 Å². The molecular formula is C17H26Cl2N4O2. The highest BCUT2D eigenvalue weighted by Gasteiger charge is 2.39. The minimum absolute atomic E-state index is 0. The van der Waals surface area contributed by atoms with Gasteiger partial charge in [-0.1, -0.05) is 6.07 Å². The van der Waals surface area contributed by atoms with Gasteiger partial charge in [0.2, 0.25) is 11.8 Å². The van der Waals surface area contributed by atoms with Crippen LogP contribution < -0.4 is 5.73 Å². The van der Waals surface area contributed by atoms with E-state index in [1.54, 1.807) is 6.20 Å². The number of pyridine rings is 1. The quantitative estimate of drug-likeness (QED) is 0.841. The Balaban J connectivity index is 0.00000156. The monoisotopic (exact) mass is 388 g/mol. The van der Waals surface area contributed by atoms with Crippen LogP contribution in [0.3, 0.4) is 0 Å². The first-order chi connectivity index (χ1) is 11.2. The number of carbonyl (C=O) groups is 2. The average Bonchev–Trinajstić information content (AvgIpc) is 2.60. The average molecular weight is 389 g/mol. The van der Waals surface area contributed by atoms with Gasteiger partial charge in [0, 0.05) is 50.4 Å². The second-order valence-corrected chi connectivity index (χ2v) is 6.36. The van der Waals surface area contributed by atoms with Crippen molar-refractivity contribution in [3.63, 3.8) is 0 Å². The summed E-state index contributed by atoms with van der Waals surface area (Å²) in [4.78, 5) is 32.4. The van der Waals surface area contributed by atoms with Gasteiger partial charge in [-0.2, -0.15) is 0 Å². The van der Waals surface area contributed by atoms with Crippen LogP contribution in [0.15, 0.2) is 24.4 Å². The first-order valence-electron chi connectivity index (χ1n) is 8.36. The number of hydrogen-bond donors (Lipinski definition) is 1. The Kier molecular flexibility index (Phi) is 8.62. The van der Waals surface area contributed by atoms with E-state index in [0.717, 1.165) is 31.5 Å². The van der Waals surface area contributed by atoms with Gasteiger partial charge in [-0.3, -0.25) is 14.6 Å². The first-order valence-corrected chi connectivity index (χ1v) is 8.36. The Morgan fingerprint density at radius 3 is 2.76 bits per heavy atom. The van der Waals surface area contributed by atoms with Crippen molar-refractivity contribution in [2.75, 3.05) is 26.2 Å². The van der Waals surface area contributed by atoms with Crippen molar-refractivity contribution in [2.45, 2.75) is 31.7 Å². The molecular weight excluding hydrogens is 363 g/mol. The number of amides is 2. The van der Waals surface area contributed by atoms with Gasteiger partial charge in [-0.15, -0.1) is 24.8 Å². The molecule has 2 fully saturated rings. The Labute approximate surface area is 161 Å². The number of fused-ring (bicyclic) bond motifs is 1. The summed E-state index contributed by atoms with van der Waals surface area (Å²) in [7, 11) is 0. The Bertz CT molecular complexity index is 573. The zero-order chi connectivity index (χ0) is 16.2. The zero-order valence-corrected chi connectivity index (χ0v) is 15.8. The summed E-state index contributed by atoms with van der Waals surface area (Å²) in [5, 5.41) is 0. The molecule has 25 heavy (non-hydrogen) atoms. The lowest BCUT2D eigenvalue weighted by molar-refractivity contribution is -0.143. The van der Waals surface area contributed by atoms with Gasteiger partial charge >= 0.3 is 0 Å². The van der Waals surface area contributed by atoms with Crippen molar-refractivity contribution in [2.24, 2.45) is 11.7 Å². The Hall–Kier alpha value is -1.37. The number of aromatic nitrogens is 1. The molecule has 0 radical (unpaired) electrons. The molecule has 3 rings (SSSR count). The molecule has 1 aromatic heterocycles. The van der Waals surface area contributed by atoms with Crippen LogP contribution >= 0.6 is 24.8 Å². The topological polar surface area (TPSA) is 79.5 Å². The third-order valence-electron chi connectivity index (χ3n) is 5.01. The predicted octanol–water partition coefficient (Wildman–Crippen LogP) is 1.27. The van der Waals surface area contributed by atoms with Gasteiger partial charge in [0.15, 0.2) is 0 Å². The lowest BCUT2D eigenvalue weighted by atomic mass is 9.83. The second-order valence-electron chi connectivity index (χ2n) is 6.36. The molecule has 0 spiro atoms. The molecule has 8 heteroatoms. The van der Waals surface area contributed by atoms with Gasteiger partial charge in [0.25, 0.3) is 0 Å². The number of likely N-dealkylation sites (tertiary alicyclic amines) is 2. The fourth-order valence-corrected chi connectivity index (χ4v) is 3.78. The van der Waals surface area contributed by atoms with E-state index in [1.807, 2.05) is 28.0 Å². The maximum atomic E-state index is 12.3. The van der Waals surface area contributed by atoms with Crippen molar-refractivity contribution in [3.05, 3.63) is 30.1 Å². The molecule has 6 nitrogen and oxygen atoms in total. The lowest BCUT2D eigenvalue weighted by Crippen LogP contribution is -2.57. The number of piperidine rings is 2. The van der Waals surface area contributed by atoms with Crippen molar-refractivity contribution >= 4 is 36.6 Å². The minimum atomic E-state index is 0. The van der Waals surface area contributed by atoms with Gasteiger partial charge in [0.1, 0.15) is 0 Å². The third-order valence-corrected chi connectivity index (χ3v) is 5.01. The highest BCUT2D eigenvalue weighted by molar-refractivity contribution is 5.85. The van der Waals surface area contributed by atoms with Crippen molar-refractivity contribution in [1.82, 2.24) is 14.8 Å². The number of hydrogen-bond acceptors (Lipinski definition) is 4. The number of rotatable bonds is 4. The van der Waals surface area contributed by atoms with E-state index in [2.05, 4.69) is 4.98 Å². The maximum absolute atomic E-state index is 12.3. The third kappa shape index (κ3) is 5.06. The smallest absolute Gasteiger partial charge is 0.236 e. The van der Waals surface area contributed by atoms with Crippen LogP contribution in [0.25, 0.3) is 0 Å². The molecule has 0 unspecified atom stereocenters. The molecule has 0 saturated carbocycles. The van der Waals surface area contributed by atoms with Crippen LogP contribution in [0.4, 0.5) is 0 Å². The summed E-state index contributed by atoms with van der Waals surface area (Å²) in [6.45, 7) is 2.21. The SMILES string of the molecule is Cl.Cl.NCC(=O)N1CC[C@@H]2[C@@H](CCC(=O)N2CCc2ccccn2)C1. The van der Waals surface area contributed by atoms with Gasteiger partial charge in [0.05, 0.1) is 6.54 Å². The highest BCUT2D eigenvalue weighted by Crippen LogP contribution is 2.31. The van der Waals surface area contributed by atoms with E-state index in [4.69, 9.17) is 5.73 Å². The molecule has 2 amide bonds. The summed E-state index contributed by atoms with van der Waals surface area (Å²) in [6, 6.07) is 6.12. The van der Waals surface area contributed by atoms with Gasteiger partial charge in [-0.05, 0) is 30.9 Å². The molecule has 3 heterocycles. The van der Waals surface area contributed by atoms with Crippen molar-refractivity contribution in [3.8, 4) is 0 Å². The Morgan fingerprint density at radius 1 is 1.28 bits per heavy atom. The fraction of sp³-hybridized carbons (Fsp3) is 0.588. The molecule has 0 aliphatic carbocycles. The van der Waals surface area contributed by atoms with Crippen LogP contribution in [0.1, 0.15) is 25.0 Å². The largest absolute Gasteiger partial charge is 0.341 e. The molecule has 2 aliphatic rings. The summed E-state index contributed by atoms with van der Waals surface area (Å²) in [6.07, 6.45) is 4.87. The highest BCUT2D eigenvalue weighted by atomic mass is 35.5. The molecule has 2 saturated heterocycles. The maximum Gasteiger partial charge on any atom is 0.236 e. The molecule has 2 atom stereocenters. The van der Waals surface area contributed by atoms with Crippen LogP contribution in [0.2, 0.25) is 0 Å². The van der Waals surface area contributed by atoms with Crippen molar-refractivity contribution < 1.29 is 9.59 Å². The van der Waals surface area contributed by atoms with E-state index in [0.29, 0.717) is 25.4 Å². The summed E-state index contributed by atoms with van der Waals surface area (Å²) in [5.41, 5.74) is 6.48. The van der Waals surface area contributed by atoms with Crippen molar-refractivity contribution in [1.29, 1.82) is 0 Å². The predicted molar refractivity (Wildman–Crippen MR) is 101 cm³/mol. The number of nitrogens with two attached hydrogens (primary N) is 1. The van der Waals surface area contributed by atoms with Crippen LogP contribution in [0.5, 0.6) is 0 Å². The number of halogens is 2. The minimum Gasteiger partial charge on any atom is -0.341 e.